The second-order valence-corrected chi connectivity index (χ2v) is 8.82. The summed E-state index contributed by atoms with van der Waals surface area (Å²) >= 11 is 5.88. The van der Waals surface area contributed by atoms with Crippen LogP contribution in [-0.2, 0) is 13.1 Å². The molecule has 33 heavy (non-hydrogen) atoms. The van der Waals surface area contributed by atoms with Gasteiger partial charge in [0.2, 0.25) is 0 Å². The molecular formula is C24H20ClFN6O. The van der Waals surface area contributed by atoms with Crippen LogP contribution in [0.25, 0.3) is 11.2 Å². The maximum Gasteiger partial charge on any atom is 0.253 e. The molecule has 0 bridgehead atoms. The second kappa shape index (κ2) is 7.74. The van der Waals surface area contributed by atoms with E-state index in [-0.39, 0.29) is 23.0 Å². The average molecular weight is 463 g/mol. The van der Waals surface area contributed by atoms with Crippen LogP contribution in [0.5, 0.6) is 0 Å². The number of pyridine rings is 2. The SMILES string of the molecule is O=C(NCc1ncn2ccc(Cl)c(F)c12)c1ccn(Cc2cn3cc(C4CC4)ccc3n2)c1. The predicted octanol–water partition coefficient (Wildman–Crippen LogP) is 4.43. The Balaban J connectivity index is 1.14. The van der Waals surface area contributed by atoms with Crippen LogP contribution < -0.4 is 5.32 Å². The number of aromatic nitrogens is 5. The monoisotopic (exact) mass is 462 g/mol. The summed E-state index contributed by atoms with van der Waals surface area (Å²) in [7, 11) is 0. The summed E-state index contributed by atoms with van der Waals surface area (Å²) in [5, 5.41) is 2.82. The summed E-state index contributed by atoms with van der Waals surface area (Å²) in [5.41, 5.74) is 4.38. The first-order valence-corrected chi connectivity index (χ1v) is 11.1. The average Bonchev–Trinajstić information content (AvgIpc) is 3.23. The lowest BCUT2D eigenvalue weighted by molar-refractivity contribution is 0.0950. The van der Waals surface area contributed by atoms with Gasteiger partial charge in [-0.15, -0.1) is 0 Å². The number of rotatable bonds is 6. The van der Waals surface area contributed by atoms with Gasteiger partial charge in [0.15, 0.2) is 5.82 Å². The van der Waals surface area contributed by atoms with E-state index >= 15 is 0 Å². The van der Waals surface area contributed by atoms with E-state index in [2.05, 4.69) is 38.0 Å². The van der Waals surface area contributed by atoms with E-state index in [1.54, 1.807) is 22.9 Å². The van der Waals surface area contributed by atoms with Gasteiger partial charge < -0.3 is 18.7 Å². The Bertz CT molecular complexity index is 1510. The molecule has 9 heteroatoms. The predicted molar refractivity (Wildman–Crippen MR) is 122 cm³/mol. The van der Waals surface area contributed by atoms with E-state index in [1.807, 2.05) is 17.0 Å². The molecule has 5 aromatic rings. The minimum atomic E-state index is -0.552. The molecule has 6 rings (SSSR count). The lowest BCUT2D eigenvalue weighted by atomic mass is 10.2. The molecule has 1 saturated carbocycles. The second-order valence-electron chi connectivity index (χ2n) is 8.41. The first-order chi connectivity index (χ1) is 16.0. The highest BCUT2D eigenvalue weighted by Crippen LogP contribution is 2.39. The molecule has 1 fully saturated rings. The van der Waals surface area contributed by atoms with Crippen LogP contribution in [0.4, 0.5) is 4.39 Å². The molecule has 1 aliphatic rings. The zero-order valence-corrected chi connectivity index (χ0v) is 18.3. The molecule has 1 N–H and O–H groups in total. The fourth-order valence-corrected chi connectivity index (χ4v) is 4.28. The smallest absolute Gasteiger partial charge is 0.253 e. The van der Waals surface area contributed by atoms with Crippen molar-refractivity contribution >= 4 is 28.7 Å². The third-order valence-electron chi connectivity index (χ3n) is 6.01. The quantitative estimate of drug-likeness (QED) is 0.406. The minimum Gasteiger partial charge on any atom is -0.347 e. The zero-order chi connectivity index (χ0) is 22.5. The normalized spacial score (nSPS) is 13.8. The first-order valence-electron chi connectivity index (χ1n) is 10.8. The van der Waals surface area contributed by atoms with E-state index in [0.717, 1.165) is 11.3 Å². The lowest BCUT2D eigenvalue weighted by Gasteiger charge is -2.04. The number of hydrogen-bond donors (Lipinski definition) is 1. The van der Waals surface area contributed by atoms with Gasteiger partial charge in [-0.2, -0.15) is 0 Å². The van der Waals surface area contributed by atoms with Crippen LogP contribution >= 0.6 is 11.6 Å². The lowest BCUT2D eigenvalue weighted by Crippen LogP contribution is -2.22. The van der Waals surface area contributed by atoms with Gasteiger partial charge in [0.05, 0.1) is 41.4 Å². The number of fused-ring (bicyclic) bond motifs is 2. The maximum absolute atomic E-state index is 14.4. The Morgan fingerprint density at radius 1 is 1.12 bits per heavy atom. The van der Waals surface area contributed by atoms with Crippen LogP contribution in [0.3, 0.4) is 0 Å². The van der Waals surface area contributed by atoms with E-state index in [9.17, 15) is 9.18 Å². The van der Waals surface area contributed by atoms with Crippen molar-refractivity contribution in [2.45, 2.75) is 31.8 Å². The summed E-state index contributed by atoms with van der Waals surface area (Å²) < 4.78 is 19.9. The number of imidazole rings is 2. The van der Waals surface area contributed by atoms with E-state index in [1.165, 1.54) is 30.8 Å². The molecule has 166 valence electrons. The standard InChI is InChI=1S/C24H20ClFN6O/c25-19-6-8-31-14-28-20(23(31)22(19)26)9-27-24(33)17-5-7-30(10-17)12-18-13-32-11-16(15-1-2-15)3-4-21(32)29-18/h3-8,10-11,13-15H,1-2,9,12H2,(H,27,33). The highest BCUT2D eigenvalue weighted by atomic mass is 35.5. The van der Waals surface area contributed by atoms with Crippen LogP contribution in [0, 0.1) is 5.82 Å². The summed E-state index contributed by atoms with van der Waals surface area (Å²) in [6.07, 6.45) is 13.5. The van der Waals surface area contributed by atoms with Crippen molar-refractivity contribution in [3.63, 3.8) is 0 Å². The molecule has 0 unspecified atom stereocenters. The summed E-state index contributed by atoms with van der Waals surface area (Å²) in [6.45, 7) is 0.649. The third kappa shape index (κ3) is 3.76. The number of carbonyl (C=O) groups is 1. The first kappa shape index (κ1) is 20.0. The molecule has 1 amide bonds. The molecule has 0 saturated heterocycles. The Morgan fingerprint density at radius 2 is 2.00 bits per heavy atom. The van der Waals surface area contributed by atoms with Crippen LogP contribution in [-0.4, -0.2) is 29.2 Å². The van der Waals surface area contributed by atoms with Crippen LogP contribution in [0.1, 0.15) is 46.1 Å². The van der Waals surface area contributed by atoms with Gasteiger partial charge in [-0.3, -0.25) is 4.79 Å². The molecule has 1 aliphatic carbocycles. The minimum absolute atomic E-state index is 0.0170. The van der Waals surface area contributed by atoms with Crippen molar-refractivity contribution in [2.75, 3.05) is 0 Å². The molecular weight excluding hydrogens is 443 g/mol. The molecule has 0 aromatic carbocycles. The van der Waals surface area contributed by atoms with E-state index in [0.29, 0.717) is 23.7 Å². The molecule has 5 aromatic heterocycles. The molecule has 0 spiro atoms. The van der Waals surface area contributed by atoms with Gasteiger partial charge in [0.1, 0.15) is 11.2 Å². The van der Waals surface area contributed by atoms with Gasteiger partial charge >= 0.3 is 0 Å². The number of hydrogen-bond acceptors (Lipinski definition) is 3. The van der Waals surface area contributed by atoms with Crippen LogP contribution in [0.15, 0.2) is 61.6 Å². The van der Waals surface area contributed by atoms with Crippen molar-refractivity contribution in [1.29, 1.82) is 0 Å². The Kier molecular flexibility index (Phi) is 4.69. The molecule has 0 atom stereocenters. The Hall–Kier alpha value is -3.65. The fraction of sp³-hybridized carbons (Fsp3) is 0.208. The van der Waals surface area contributed by atoms with Crippen LogP contribution in [0.2, 0.25) is 5.02 Å². The summed E-state index contributed by atoms with van der Waals surface area (Å²) in [6, 6.07) is 7.43. The van der Waals surface area contributed by atoms with Crippen molar-refractivity contribution in [1.82, 2.24) is 28.7 Å². The highest BCUT2D eigenvalue weighted by Gasteiger charge is 2.23. The number of amides is 1. The van der Waals surface area contributed by atoms with Crippen molar-refractivity contribution < 1.29 is 9.18 Å². The van der Waals surface area contributed by atoms with E-state index in [4.69, 9.17) is 11.6 Å². The van der Waals surface area contributed by atoms with Crippen molar-refractivity contribution in [3.05, 3.63) is 94.9 Å². The highest BCUT2D eigenvalue weighted by molar-refractivity contribution is 6.31. The summed E-state index contributed by atoms with van der Waals surface area (Å²) in [5.74, 6) is -0.121. The number of halogens is 2. The maximum atomic E-state index is 14.4. The zero-order valence-electron chi connectivity index (χ0n) is 17.6. The van der Waals surface area contributed by atoms with Gasteiger partial charge in [0, 0.05) is 31.0 Å². The van der Waals surface area contributed by atoms with Crippen molar-refractivity contribution in [2.24, 2.45) is 0 Å². The van der Waals surface area contributed by atoms with Gasteiger partial charge in [-0.25, -0.2) is 14.4 Å². The molecule has 5 heterocycles. The van der Waals surface area contributed by atoms with Gasteiger partial charge in [0.25, 0.3) is 5.91 Å². The summed E-state index contributed by atoms with van der Waals surface area (Å²) in [4.78, 5) is 21.5. The molecule has 7 nitrogen and oxygen atoms in total. The largest absolute Gasteiger partial charge is 0.347 e. The van der Waals surface area contributed by atoms with Gasteiger partial charge in [-0.1, -0.05) is 17.7 Å². The third-order valence-corrected chi connectivity index (χ3v) is 6.31. The van der Waals surface area contributed by atoms with E-state index < -0.39 is 5.82 Å². The fourth-order valence-electron chi connectivity index (χ4n) is 4.14. The molecule has 0 aliphatic heterocycles. The van der Waals surface area contributed by atoms with Gasteiger partial charge in [-0.05, 0) is 42.5 Å². The van der Waals surface area contributed by atoms with Crippen molar-refractivity contribution in [3.8, 4) is 0 Å². The Morgan fingerprint density at radius 3 is 2.85 bits per heavy atom. The topological polar surface area (TPSA) is 68.6 Å². The number of carbonyl (C=O) groups excluding carboxylic acids is 1. The number of nitrogens with zero attached hydrogens (tertiary/aromatic N) is 5. The molecule has 0 radical (unpaired) electrons. The Labute approximate surface area is 193 Å². The number of nitrogens with one attached hydrogen (secondary N) is 1.